The SMILES string of the molecule is Cc1[nH]c(=O)nc2c1C(=O)Nc1ccccc1N2CC(=O)N1CCN(C)CC1. The summed E-state index contributed by atoms with van der Waals surface area (Å²) in [5.74, 6) is -0.229. The van der Waals surface area contributed by atoms with Crippen molar-refractivity contribution in [1.29, 1.82) is 0 Å². The van der Waals surface area contributed by atoms with Gasteiger partial charge < -0.3 is 25.0 Å². The number of amides is 2. The third-order valence-electron chi connectivity index (χ3n) is 5.18. The highest BCUT2D eigenvalue weighted by Gasteiger charge is 2.31. The van der Waals surface area contributed by atoms with Gasteiger partial charge in [0.05, 0.1) is 11.4 Å². The molecule has 4 rings (SSSR count). The van der Waals surface area contributed by atoms with Crippen molar-refractivity contribution in [2.75, 3.05) is 50.0 Å². The molecule has 3 heterocycles. The van der Waals surface area contributed by atoms with Crippen LogP contribution in [-0.2, 0) is 4.79 Å². The Balaban J connectivity index is 1.77. The monoisotopic (exact) mass is 382 g/mol. The summed E-state index contributed by atoms with van der Waals surface area (Å²) >= 11 is 0. The van der Waals surface area contributed by atoms with Crippen LogP contribution in [0.5, 0.6) is 0 Å². The van der Waals surface area contributed by atoms with Gasteiger partial charge in [0, 0.05) is 31.9 Å². The van der Waals surface area contributed by atoms with Crippen LogP contribution in [-0.4, -0.2) is 71.4 Å². The summed E-state index contributed by atoms with van der Waals surface area (Å²) in [6.45, 7) is 4.58. The molecular weight excluding hydrogens is 360 g/mol. The number of benzene rings is 1. The van der Waals surface area contributed by atoms with E-state index in [0.29, 0.717) is 30.2 Å². The quantitative estimate of drug-likeness (QED) is 0.787. The molecule has 2 N–H and O–H groups in total. The number of fused-ring (bicyclic) bond motifs is 2. The summed E-state index contributed by atoms with van der Waals surface area (Å²) in [4.78, 5) is 50.1. The fraction of sp³-hybridized carbons (Fsp3) is 0.368. The summed E-state index contributed by atoms with van der Waals surface area (Å²) in [7, 11) is 2.03. The van der Waals surface area contributed by atoms with Gasteiger partial charge in [-0.05, 0) is 26.1 Å². The molecular formula is C19H22N6O3. The number of nitrogens with one attached hydrogen (secondary N) is 2. The van der Waals surface area contributed by atoms with E-state index in [1.165, 1.54) is 0 Å². The Bertz CT molecular complexity index is 993. The van der Waals surface area contributed by atoms with E-state index in [4.69, 9.17) is 0 Å². The number of piperazine rings is 1. The second-order valence-electron chi connectivity index (χ2n) is 7.11. The molecule has 0 bridgehead atoms. The van der Waals surface area contributed by atoms with Crippen LogP contribution in [0.15, 0.2) is 29.1 Å². The summed E-state index contributed by atoms with van der Waals surface area (Å²) < 4.78 is 0. The van der Waals surface area contributed by atoms with E-state index < -0.39 is 5.69 Å². The van der Waals surface area contributed by atoms with Gasteiger partial charge in [-0.25, -0.2) is 4.79 Å². The van der Waals surface area contributed by atoms with Crippen LogP contribution >= 0.6 is 0 Å². The lowest BCUT2D eigenvalue weighted by molar-refractivity contribution is -0.131. The molecule has 1 aromatic carbocycles. The summed E-state index contributed by atoms with van der Waals surface area (Å²) in [6, 6.07) is 7.20. The molecule has 2 aromatic rings. The smallest absolute Gasteiger partial charge is 0.339 e. The molecule has 1 aromatic heterocycles. The molecule has 1 fully saturated rings. The topological polar surface area (TPSA) is 102 Å². The second kappa shape index (κ2) is 7.08. The lowest BCUT2D eigenvalue weighted by Crippen LogP contribution is -2.49. The van der Waals surface area contributed by atoms with E-state index in [1.54, 1.807) is 30.0 Å². The van der Waals surface area contributed by atoms with Gasteiger partial charge in [-0.2, -0.15) is 4.98 Å². The van der Waals surface area contributed by atoms with Crippen LogP contribution in [0.4, 0.5) is 17.2 Å². The average Bonchev–Trinajstić information content (AvgIpc) is 2.77. The zero-order chi connectivity index (χ0) is 19.8. The van der Waals surface area contributed by atoms with E-state index in [2.05, 4.69) is 20.2 Å². The largest absolute Gasteiger partial charge is 0.347 e. The Kier molecular flexibility index (Phi) is 4.60. The minimum absolute atomic E-state index is 0.00141. The Labute approximate surface area is 162 Å². The molecule has 1 saturated heterocycles. The van der Waals surface area contributed by atoms with Gasteiger partial charge in [0.1, 0.15) is 12.1 Å². The van der Waals surface area contributed by atoms with E-state index >= 15 is 0 Å². The molecule has 2 amide bonds. The maximum atomic E-state index is 13.0. The Morgan fingerprint density at radius 3 is 2.61 bits per heavy atom. The first-order chi connectivity index (χ1) is 13.4. The van der Waals surface area contributed by atoms with Crippen LogP contribution in [0, 0.1) is 6.92 Å². The van der Waals surface area contributed by atoms with Gasteiger partial charge in [0.15, 0.2) is 5.82 Å². The first-order valence-corrected chi connectivity index (χ1v) is 9.19. The van der Waals surface area contributed by atoms with Crippen LogP contribution in [0.3, 0.4) is 0 Å². The number of carbonyl (C=O) groups is 2. The molecule has 9 nitrogen and oxygen atoms in total. The first-order valence-electron chi connectivity index (χ1n) is 9.19. The molecule has 0 aliphatic carbocycles. The van der Waals surface area contributed by atoms with E-state index in [-0.39, 0.29) is 29.7 Å². The van der Waals surface area contributed by atoms with E-state index in [9.17, 15) is 14.4 Å². The van der Waals surface area contributed by atoms with Gasteiger partial charge in [0.2, 0.25) is 5.91 Å². The summed E-state index contributed by atoms with van der Waals surface area (Å²) in [5.41, 5.74) is 1.33. The normalized spacial score (nSPS) is 16.9. The minimum Gasteiger partial charge on any atom is -0.339 e. The predicted octanol–water partition coefficient (Wildman–Crippen LogP) is 0.556. The summed E-state index contributed by atoms with van der Waals surface area (Å²) in [6.07, 6.45) is 0. The molecule has 0 unspecified atom stereocenters. The number of nitrogens with zero attached hydrogens (tertiary/aromatic N) is 4. The fourth-order valence-electron chi connectivity index (χ4n) is 3.60. The van der Waals surface area contributed by atoms with Crippen molar-refractivity contribution < 1.29 is 9.59 Å². The molecule has 2 aliphatic heterocycles. The zero-order valence-corrected chi connectivity index (χ0v) is 15.9. The molecule has 0 saturated carbocycles. The van der Waals surface area contributed by atoms with Crippen molar-refractivity contribution in [3.8, 4) is 0 Å². The van der Waals surface area contributed by atoms with Crippen molar-refractivity contribution in [2.45, 2.75) is 6.92 Å². The number of para-hydroxylation sites is 2. The number of anilines is 3. The Hall–Kier alpha value is -3.20. The third kappa shape index (κ3) is 3.24. The van der Waals surface area contributed by atoms with Crippen molar-refractivity contribution in [3.05, 3.63) is 46.0 Å². The standard InChI is InChI=1S/C19H22N6O3/c1-12-16-17(22-19(28)20-12)25(11-15(26)24-9-7-23(2)8-10-24)14-6-4-3-5-13(14)21-18(16)27/h3-6H,7-11H2,1-2H3,(H,21,27)(H,20,22,28). The Morgan fingerprint density at radius 1 is 1.14 bits per heavy atom. The van der Waals surface area contributed by atoms with Gasteiger partial charge in [-0.1, -0.05) is 12.1 Å². The Morgan fingerprint density at radius 2 is 1.86 bits per heavy atom. The molecule has 146 valence electrons. The van der Waals surface area contributed by atoms with Gasteiger partial charge in [-0.15, -0.1) is 0 Å². The van der Waals surface area contributed by atoms with Crippen molar-refractivity contribution >= 4 is 29.0 Å². The highest BCUT2D eigenvalue weighted by molar-refractivity contribution is 6.12. The zero-order valence-electron chi connectivity index (χ0n) is 15.9. The van der Waals surface area contributed by atoms with Gasteiger partial charge in [-0.3, -0.25) is 9.59 Å². The third-order valence-corrected chi connectivity index (χ3v) is 5.18. The number of aryl methyl sites for hydroxylation is 1. The highest BCUT2D eigenvalue weighted by atomic mass is 16.2. The van der Waals surface area contributed by atoms with E-state index in [0.717, 1.165) is 13.1 Å². The number of hydrogen-bond donors (Lipinski definition) is 2. The van der Waals surface area contributed by atoms with Crippen LogP contribution < -0.4 is 15.9 Å². The van der Waals surface area contributed by atoms with Crippen LogP contribution in [0.2, 0.25) is 0 Å². The molecule has 0 atom stereocenters. The predicted molar refractivity (Wildman–Crippen MR) is 105 cm³/mol. The van der Waals surface area contributed by atoms with Crippen molar-refractivity contribution in [2.24, 2.45) is 0 Å². The second-order valence-corrected chi connectivity index (χ2v) is 7.11. The molecule has 0 radical (unpaired) electrons. The molecule has 0 spiro atoms. The van der Waals surface area contributed by atoms with E-state index in [1.807, 2.05) is 18.0 Å². The number of rotatable bonds is 2. The van der Waals surface area contributed by atoms with Crippen LogP contribution in [0.1, 0.15) is 16.1 Å². The number of carbonyl (C=O) groups excluding carboxylic acids is 2. The average molecular weight is 382 g/mol. The highest BCUT2D eigenvalue weighted by Crippen LogP contribution is 2.36. The number of H-pyrrole nitrogens is 1. The maximum absolute atomic E-state index is 13.0. The number of aromatic amines is 1. The minimum atomic E-state index is -0.555. The van der Waals surface area contributed by atoms with Crippen molar-refractivity contribution in [3.63, 3.8) is 0 Å². The summed E-state index contributed by atoms with van der Waals surface area (Å²) in [5, 5.41) is 2.85. The number of aromatic nitrogens is 2. The van der Waals surface area contributed by atoms with Crippen LogP contribution in [0.25, 0.3) is 0 Å². The molecule has 2 aliphatic rings. The van der Waals surface area contributed by atoms with Crippen molar-refractivity contribution in [1.82, 2.24) is 19.8 Å². The fourth-order valence-corrected chi connectivity index (χ4v) is 3.60. The lowest BCUT2D eigenvalue weighted by atomic mass is 10.2. The molecule has 28 heavy (non-hydrogen) atoms. The lowest BCUT2D eigenvalue weighted by Gasteiger charge is -2.34. The maximum Gasteiger partial charge on any atom is 0.347 e. The van der Waals surface area contributed by atoms with Gasteiger partial charge >= 0.3 is 5.69 Å². The van der Waals surface area contributed by atoms with Gasteiger partial charge in [0.25, 0.3) is 5.91 Å². The first kappa shape index (κ1) is 18.2. The molecule has 9 heteroatoms. The number of hydrogen-bond acceptors (Lipinski definition) is 6. The number of likely N-dealkylation sites (N-methyl/N-ethyl adjacent to an activating group) is 1.